The van der Waals surface area contributed by atoms with E-state index >= 15 is 0 Å². The molecule has 1 unspecified atom stereocenters. The number of halogens is 1. The lowest BCUT2D eigenvalue weighted by atomic mass is 10.2. The SMILES string of the molecule is Cc1nnsc1C(=O)N1CCCC1c1nnc(-c2ccccc2F)o1. The van der Waals surface area contributed by atoms with Crippen LogP contribution >= 0.6 is 11.5 Å². The highest BCUT2D eigenvalue weighted by Gasteiger charge is 2.36. The number of amides is 1. The molecule has 9 heteroatoms. The van der Waals surface area contributed by atoms with Crippen LogP contribution in [0.25, 0.3) is 11.5 Å². The van der Waals surface area contributed by atoms with Crippen molar-refractivity contribution in [2.45, 2.75) is 25.8 Å². The Morgan fingerprint density at radius 2 is 2.16 bits per heavy atom. The summed E-state index contributed by atoms with van der Waals surface area (Å²) in [6.07, 6.45) is 1.55. The first-order valence-corrected chi connectivity index (χ1v) is 8.60. The molecule has 0 bridgehead atoms. The van der Waals surface area contributed by atoms with E-state index in [1.54, 1.807) is 30.0 Å². The Balaban J connectivity index is 1.62. The van der Waals surface area contributed by atoms with E-state index < -0.39 is 5.82 Å². The van der Waals surface area contributed by atoms with E-state index in [1.165, 1.54) is 6.07 Å². The second-order valence-electron chi connectivity index (χ2n) is 5.77. The Bertz CT molecular complexity index is 925. The zero-order valence-electron chi connectivity index (χ0n) is 13.3. The highest BCUT2D eigenvalue weighted by Crippen LogP contribution is 2.34. The maximum absolute atomic E-state index is 13.9. The minimum absolute atomic E-state index is 0.114. The molecule has 1 aromatic carbocycles. The van der Waals surface area contributed by atoms with Crippen LogP contribution in [0.2, 0.25) is 0 Å². The number of carbonyl (C=O) groups excluding carboxylic acids is 1. The van der Waals surface area contributed by atoms with E-state index in [2.05, 4.69) is 19.8 Å². The van der Waals surface area contributed by atoms with Crippen molar-refractivity contribution < 1.29 is 13.6 Å². The summed E-state index contributed by atoms with van der Waals surface area (Å²) in [7, 11) is 0. The van der Waals surface area contributed by atoms with Crippen LogP contribution in [-0.4, -0.2) is 37.1 Å². The van der Waals surface area contributed by atoms with Crippen molar-refractivity contribution in [3.05, 3.63) is 46.5 Å². The van der Waals surface area contributed by atoms with Crippen LogP contribution in [-0.2, 0) is 0 Å². The van der Waals surface area contributed by atoms with Gasteiger partial charge in [-0.05, 0) is 43.4 Å². The fraction of sp³-hybridized carbons (Fsp3) is 0.312. The maximum Gasteiger partial charge on any atom is 0.268 e. The van der Waals surface area contributed by atoms with Gasteiger partial charge in [0.1, 0.15) is 16.7 Å². The predicted octanol–water partition coefficient (Wildman–Crippen LogP) is 3.01. The molecule has 1 atom stereocenters. The molecule has 0 saturated carbocycles. The molecule has 2 aromatic heterocycles. The molecule has 1 fully saturated rings. The summed E-state index contributed by atoms with van der Waals surface area (Å²) in [6, 6.07) is 5.90. The number of aromatic nitrogens is 4. The fourth-order valence-electron chi connectivity index (χ4n) is 2.94. The van der Waals surface area contributed by atoms with Gasteiger partial charge in [0, 0.05) is 6.54 Å². The average molecular weight is 359 g/mol. The fourth-order valence-corrected chi connectivity index (χ4v) is 3.55. The molecule has 25 heavy (non-hydrogen) atoms. The molecule has 0 radical (unpaired) electrons. The maximum atomic E-state index is 13.9. The third-order valence-corrected chi connectivity index (χ3v) is 5.01. The zero-order chi connectivity index (χ0) is 17.4. The third kappa shape index (κ3) is 2.80. The molecule has 0 spiro atoms. The normalized spacial score (nSPS) is 17.2. The molecule has 128 valence electrons. The molecule has 0 N–H and O–H groups in total. The second kappa shape index (κ2) is 6.32. The van der Waals surface area contributed by atoms with E-state index in [0.717, 1.165) is 24.4 Å². The van der Waals surface area contributed by atoms with Gasteiger partial charge in [0.2, 0.25) is 5.89 Å². The number of hydrogen-bond donors (Lipinski definition) is 0. The molecule has 3 aromatic rings. The molecule has 3 heterocycles. The van der Waals surface area contributed by atoms with Crippen LogP contribution in [0.3, 0.4) is 0 Å². The summed E-state index contributed by atoms with van der Waals surface area (Å²) in [5.74, 6) is -0.133. The van der Waals surface area contributed by atoms with Crippen LogP contribution in [0.15, 0.2) is 28.7 Å². The molecular weight excluding hydrogens is 345 g/mol. The topological polar surface area (TPSA) is 85.0 Å². The van der Waals surface area contributed by atoms with Gasteiger partial charge in [0.15, 0.2) is 0 Å². The Kier molecular flexibility index (Phi) is 4.00. The summed E-state index contributed by atoms with van der Waals surface area (Å²) < 4.78 is 23.4. The number of nitrogens with zero attached hydrogens (tertiary/aromatic N) is 5. The van der Waals surface area contributed by atoms with Gasteiger partial charge in [-0.3, -0.25) is 4.79 Å². The number of benzene rings is 1. The largest absolute Gasteiger partial charge is 0.418 e. The van der Waals surface area contributed by atoms with Gasteiger partial charge in [0.05, 0.1) is 11.3 Å². The lowest BCUT2D eigenvalue weighted by Gasteiger charge is -2.21. The van der Waals surface area contributed by atoms with Crippen molar-refractivity contribution in [3.63, 3.8) is 0 Å². The minimum Gasteiger partial charge on any atom is -0.418 e. The van der Waals surface area contributed by atoms with Crippen molar-refractivity contribution in [3.8, 4) is 11.5 Å². The van der Waals surface area contributed by atoms with Crippen LogP contribution in [0.4, 0.5) is 4.39 Å². The Morgan fingerprint density at radius 1 is 1.32 bits per heavy atom. The monoisotopic (exact) mass is 359 g/mol. The van der Waals surface area contributed by atoms with Gasteiger partial charge >= 0.3 is 0 Å². The molecular formula is C16H14FN5O2S. The number of aryl methyl sites for hydroxylation is 1. The van der Waals surface area contributed by atoms with Crippen molar-refractivity contribution in [1.29, 1.82) is 0 Å². The summed E-state index contributed by atoms with van der Waals surface area (Å²) in [5.41, 5.74) is 0.859. The average Bonchev–Trinajstić information content (AvgIpc) is 3.34. The lowest BCUT2D eigenvalue weighted by Crippen LogP contribution is -2.30. The summed E-state index contributed by atoms with van der Waals surface area (Å²) in [5, 5.41) is 11.9. The number of rotatable bonds is 3. The highest BCUT2D eigenvalue weighted by molar-refractivity contribution is 7.07. The van der Waals surface area contributed by atoms with Gasteiger partial charge in [0.25, 0.3) is 11.8 Å². The number of carbonyl (C=O) groups is 1. The Hall–Kier alpha value is -2.68. The van der Waals surface area contributed by atoms with Crippen LogP contribution in [0, 0.1) is 12.7 Å². The second-order valence-corrected chi connectivity index (χ2v) is 6.52. The van der Waals surface area contributed by atoms with Crippen LogP contribution < -0.4 is 0 Å². The summed E-state index contributed by atoms with van der Waals surface area (Å²) in [4.78, 5) is 15.0. The molecule has 1 amide bonds. The van der Waals surface area contributed by atoms with Crippen molar-refractivity contribution >= 4 is 17.4 Å². The Morgan fingerprint density at radius 3 is 2.92 bits per heavy atom. The molecule has 7 nitrogen and oxygen atoms in total. The molecule has 1 aliphatic rings. The number of hydrogen-bond acceptors (Lipinski definition) is 7. The van der Waals surface area contributed by atoms with Crippen molar-refractivity contribution in [2.24, 2.45) is 0 Å². The van der Waals surface area contributed by atoms with Crippen LogP contribution in [0.5, 0.6) is 0 Å². The first kappa shape index (κ1) is 15.8. The van der Waals surface area contributed by atoms with E-state index in [0.29, 0.717) is 23.0 Å². The number of likely N-dealkylation sites (tertiary alicyclic amines) is 1. The van der Waals surface area contributed by atoms with E-state index in [-0.39, 0.29) is 23.4 Å². The van der Waals surface area contributed by atoms with Crippen molar-refractivity contribution in [1.82, 2.24) is 24.7 Å². The van der Waals surface area contributed by atoms with E-state index in [4.69, 9.17) is 4.42 Å². The van der Waals surface area contributed by atoms with Gasteiger partial charge in [-0.25, -0.2) is 4.39 Å². The third-order valence-electron chi connectivity index (χ3n) is 4.19. The van der Waals surface area contributed by atoms with Gasteiger partial charge in [-0.1, -0.05) is 16.6 Å². The molecule has 0 aliphatic carbocycles. The van der Waals surface area contributed by atoms with Crippen molar-refractivity contribution in [2.75, 3.05) is 6.54 Å². The smallest absolute Gasteiger partial charge is 0.268 e. The predicted molar refractivity (Wildman–Crippen MR) is 87.3 cm³/mol. The summed E-state index contributed by atoms with van der Waals surface area (Å²) in [6.45, 7) is 2.35. The molecule has 1 aliphatic heterocycles. The molecule has 4 rings (SSSR count). The van der Waals surface area contributed by atoms with Gasteiger partial charge in [-0.15, -0.1) is 15.3 Å². The highest BCUT2D eigenvalue weighted by atomic mass is 32.1. The van der Waals surface area contributed by atoms with Gasteiger partial charge in [-0.2, -0.15) is 0 Å². The Labute approximate surface area is 146 Å². The van der Waals surface area contributed by atoms with E-state index in [1.807, 2.05) is 0 Å². The zero-order valence-corrected chi connectivity index (χ0v) is 14.2. The summed E-state index contributed by atoms with van der Waals surface area (Å²) >= 11 is 1.08. The van der Waals surface area contributed by atoms with Crippen LogP contribution in [0.1, 0.15) is 40.1 Å². The van der Waals surface area contributed by atoms with Gasteiger partial charge < -0.3 is 9.32 Å². The van der Waals surface area contributed by atoms with E-state index in [9.17, 15) is 9.18 Å². The first-order chi connectivity index (χ1) is 12.1. The minimum atomic E-state index is -0.427. The quantitative estimate of drug-likeness (QED) is 0.715. The standard InChI is InChI=1S/C16H14FN5O2S/c1-9-13(25-21-18-9)16(23)22-8-4-7-12(22)15-20-19-14(24-15)10-5-2-3-6-11(10)17/h2-3,5-6,12H,4,7-8H2,1H3. The lowest BCUT2D eigenvalue weighted by molar-refractivity contribution is 0.0720. The first-order valence-electron chi connectivity index (χ1n) is 7.83. The molecule has 1 saturated heterocycles.